The zero-order valence-electron chi connectivity index (χ0n) is 17.7. The van der Waals surface area contributed by atoms with Crippen LogP contribution in [0.4, 0.5) is 0 Å². The SMILES string of the molecule is C=C(C)C(=O)OC.C=C(C)C(=O)OCC1CO1.C=CC=C.C=Cc1ccccc1. The minimum absolute atomic E-state index is 0.142. The van der Waals surface area contributed by atoms with E-state index in [0.717, 1.165) is 0 Å². The van der Waals surface area contributed by atoms with E-state index in [1.807, 2.05) is 36.4 Å². The molecule has 1 aromatic rings. The van der Waals surface area contributed by atoms with Gasteiger partial charge in [0.1, 0.15) is 12.7 Å². The Labute approximate surface area is 174 Å². The Morgan fingerprint density at radius 2 is 1.52 bits per heavy atom. The standard InChI is InChI=1S/C8H8.C7H10O3.C5H8O2.C4H6/c1-2-8-6-4-3-5-7-8;1-5(2)7(8)10-4-6-3-9-6;1-4(2)5(6)7-3;1-3-4-2/h2-7H,1H2;6H,1,3-4H2,2H3;1H2,2-3H3;3-4H,1-2H2. The van der Waals surface area contributed by atoms with Crippen LogP contribution in [0.25, 0.3) is 6.08 Å². The van der Waals surface area contributed by atoms with Crippen molar-refractivity contribution in [3.63, 3.8) is 0 Å². The van der Waals surface area contributed by atoms with E-state index < -0.39 is 0 Å². The average molecular weight is 401 g/mol. The van der Waals surface area contributed by atoms with Gasteiger partial charge in [0.15, 0.2) is 0 Å². The van der Waals surface area contributed by atoms with Crippen LogP contribution in [0, 0.1) is 0 Å². The lowest BCUT2D eigenvalue weighted by atomic mass is 10.2. The van der Waals surface area contributed by atoms with E-state index >= 15 is 0 Å². The predicted octanol–water partition coefficient (Wildman–Crippen LogP) is 4.93. The molecule has 0 N–H and O–H groups in total. The molecule has 1 atom stereocenters. The van der Waals surface area contributed by atoms with Crippen LogP contribution < -0.4 is 0 Å². The van der Waals surface area contributed by atoms with Gasteiger partial charge in [0.05, 0.1) is 13.7 Å². The Bertz CT molecular complexity index is 664. The number of allylic oxidation sites excluding steroid dienone is 2. The minimum Gasteiger partial charge on any atom is -0.466 e. The second kappa shape index (κ2) is 18.2. The van der Waals surface area contributed by atoms with Crippen molar-refractivity contribution in [2.75, 3.05) is 20.3 Å². The Morgan fingerprint density at radius 3 is 1.76 bits per heavy atom. The summed E-state index contributed by atoms with van der Waals surface area (Å²) in [6.07, 6.45) is 5.25. The fourth-order valence-corrected chi connectivity index (χ4v) is 1.22. The number of carbonyl (C=O) groups excluding carboxylic acids is 2. The number of ether oxygens (including phenoxy) is 3. The first-order valence-corrected chi connectivity index (χ1v) is 8.82. The Balaban J connectivity index is 0. The molecule has 29 heavy (non-hydrogen) atoms. The molecule has 0 saturated carbocycles. The van der Waals surface area contributed by atoms with E-state index in [1.165, 1.54) is 12.7 Å². The number of hydrogen-bond acceptors (Lipinski definition) is 5. The first-order valence-electron chi connectivity index (χ1n) is 8.82. The van der Waals surface area contributed by atoms with Crippen LogP contribution in [0.1, 0.15) is 19.4 Å². The molecular weight excluding hydrogens is 368 g/mol. The highest BCUT2D eigenvalue weighted by atomic mass is 16.6. The monoisotopic (exact) mass is 400 g/mol. The number of rotatable bonds is 6. The summed E-state index contributed by atoms with van der Waals surface area (Å²) in [5, 5.41) is 0. The second-order valence-corrected chi connectivity index (χ2v) is 5.69. The van der Waals surface area contributed by atoms with Crippen LogP contribution in [0.2, 0.25) is 0 Å². The van der Waals surface area contributed by atoms with E-state index in [9.17, 15) is 9.59 Å². The van der Waals surface area contributed by atoms with Gasteiger partial charge in [-0.25, -0.2) is 9.59 Å². The number of epoxide rings is 1. The lowest BCUT2D eigenvalue weighted by molar-refractivity contribution is -0.139. The molecule has 0 radical (unpaired) electrons. The number of benzene rings is 1. The van der Waals surface area contributed by atoms with Crippen molar-refractivity contribution in [1.29, 1.82) is 0 Å². The molecular formula is C24H32O5. The highest BCUT2D eigenvalue weighted by molar-refractivity contribution is 5.87. The first kappa shape index (κ1) is 28.0. The Hall–Kier alpha value is -3.18. The van der Waals surface area contributed by atoms with Gasteiger partial charge >= 0.3 is 11.9 Å². The molecule has 158 valence electrons. The molecule has 0 aromatic heterocycles. The maximum Gasteiger partial charge on any atom is 0.333 e. The summed E-state index contributed by atoms with van der Waals surface area (Å²) < 4.78 is 13.9. The molecule has 0 spiro atoms. The number of hydrogen-bond donors (Lipinski definition) is 0. The highest BCUT2D eigenvalue weighted by Gasteiger charge is 2.24. The third kappa shape index (κ3) is 19.4. The van der Waals surface area contributed by atoms with Gasteiger partial charge in [0, 0.05) is 11.1 Å². The van der Waals surface area contributed by atoms with Crippen molar-refractivity contribution in [3.8, 4) is 0 Å². The minimum atomic E-state index is -0.347. The third-order valence-corrected chi connectivity index (χ3v) is 2.89. The molecule has 1 aliphatic heterocycles. The lowest BCUT2D eigenvalue weighted by Gasteiger charge is -1.99. The van der Waals surface area contributed by atoms with Crippen LogP contribution >= 0.6 is 0 Å². The zero-order chi connectivity index (χ0) is 22.7. The molecule has 0 aliphatic carbocycles. The topological polar surface area (TPSA) is 65.1 Å². The molecule has 1 unspecified atom stereocenters. The van der Waals surface area contributed by atoms with Gasteiger partial charge in [-0.1, -0.05) is 81.5 Å². The summed E-state index contributed by atoms with van der Waals surface area (Å²) in [6.45, 7) is 21.4. The van der Waals surface area contributed by atoms with E-state index in [2.05, 4.69) is 37.6 Å². The van der Waals surface area contributed by atoms with Crippen molar-refractivity contribution < 1.29 is 23.8 Å². The molecule has 1 fully saturated rings. The Kier molecular flexibility index (Phi) is 17.6. The number of esters is 2. The van der Waals surface area contributed by atoms with Crippen LogP contribution in [-0.4, -0.2) is 38.4 Å². The van der Waals surface area contributed by atoms with Crippen molar-refractivity contribution >= 4 is 18.0 Å². The van der Waals surface area contributed by atoms with Gasteiger partial charge in [-0.3, -0.25) is 0 Å². The quantitative estimate of drug-likeness (QED) is 0.293. The van der Waals surface area contributed by atoms with Crippen LogP contribution in [0.5, 0.6) is 0 Å². The molecule has 5 nitrogen and oxygen atoms in total. The maximum atomic E-state index is 10.7. The fourth-order valence-electron chi connectivity index (χ4n) is 1.22. The van der Waals surface area contributed by atoms with Gasteiger partial charge in [-0.05, 0) is 19.4 Å². The second-order valence-electron chi connectivity index (χ2n) is 5.69. The summed E-state index contributed by atoms with van der Waals surface area (Å²) in [6, 6.07) is 10.0. The number of methoxy groups -OCH3 is 1. The highest BCUT2D eigenvalue weighted by Crippen LogP contribution is 2.09. The molecule has 5 heteroatoms. The zero-order valence-corrected chi connectivity index (χ0v) is 17.7. The van der Waals surface area contributed by atoms with Crippen LogP contribution in [-0.2, 0) is 23.8 Å². The van der Waals surface area contributed by atoms with E-state index in [1.54, 1.807) is 26.0 Å². The van der Waals surface area contributed by atoms with Crippen molar-refractivity contribution in [2.45, 2.75) is 20.0 Å². The summed E-state index contributed by atoms with van der Waals surface area (Å²) in [4.78, 5) is 20.9. The van der Waals surface area contributed by atoms with Crippen molar-refractivity contribution in [2.24, 2.45) is 0 Å². The smallest absolute Gasteiger partial charge is 0.333 e. The van der Waals surface area contributed by atoms with Gasteiger partial charge in [-0.2, -0.15) is 0 Å². The van der Waals surface area contributed by atoms with Gasteiger partial charge in [0.25, 0.3) is 0 Å². The first-order chi connectivity index (χ1) is 13.7. The predicted molar refractivity (Wildman–Crippen MR) is 119 cm³/mol. The molecule has 1 saturated heterocycles. The molecule has 1 aliphatic rings. The van der Waals surface area contributed by atoms with E-state index in [4.69, 9.17) is 9.47 Å². The summed E-state index contributed by atoms with van der Waals surface area (Å²) in [7, 11) is 1.33. The summed E-state index contributed by atoms with van der Waals surface area (Å²) in [5.41, 5.74) is 2.04. The van der Waals surface area contributed by atoms with Gasteiger partial charge in [0.2, 0.25) is 0 Å². The molecule has 2 rings (SSSR count). The van der Waals surface area contributed by atoms with Crippen molar-refractivity contribution in [1.82, 2.24) is 0 Å². The van der Waals surface area contributed by atoms with Gasteiger partial charge < -0.3 is 14.2 Å². The maximum absolute atomic E-state index is 10.7. The molecule has 1 aromatic carbocycles. The van der Waals surface area contributed by atoms with Crippen molar-refractivity contribution in [3.05, 3.63) is 92.1 Å². The molecule has 0 bridgehead atoms. The number of carbonyl (C=O) groups is 2. The summed E-state index contributed by atoms with van der Waals surface area (Å²) >= 11 is 0. The van der Waals surface area contributed by atoms with Crippen LogP contribution in [0.3, 0.4) is 0 Å². The normalized spacial score (nSPS) is 12.4. The van der Waals surface area contributed by atoms with E-state index in [-0.39, 0.29) is 18.0 Å². The summed E-state index contributed by atoms with van der Waals surface area (Å²) in [5.74, 6) is -0.685. The molecule has 1 heterocycles. The average Bonchev–Trinajstić information content (AvgIpc) is 3.57. The van der Waals surface area contributed by atoms with Crippen LogP contribution in [0.15, 0.2) is 86.5 Å². The Morgan fingerprint density at radius 1 is 1.03 bits per heavy atom. The fraction of sp³-hybridized carbons (Fsp3) is 0.250. The lowest BCUT2D eigenvalue weighted by Crippen LogP contribution is -2.09. The third-order valence-electron chi connectivity index (χ3n) is 2.89. The molecule has 0 amide bonds. The largest absolute Gasteiger partial charge is 0.466 e. The van der Waals surface area contributed by atoms with E-state index in [0.29, 0.717) is 24.4 Å². The van der Waals surface area contributed by atoms with Gasteiger partial charge in [-0.15, -0.1) is 0 Å².